The van der Waals surface area contributed by atoms with Crippen molar-refractivity contribution in [1.82, 2.24) is 12.4 Å². The number of rotatable bonds is 6. The second-order valence-corrected chi connectivity index (χ2v) is 12.6. The van der Waals surface area contributed by atoms with E-state index >= 15 is 0 Å². The van der Waals surface area contributed by atoms with Crippen molar-refractivity contribution in [2.24, 2.45) is 0 Å². The molecule has 4 N–H and O–H groups in total. The second kappa shape index (κ2) is 5.45. The van der Waals surface area contributed by atoms with Gasteiger partial charge >= 0.3 is 147 Å². The quantitative estimate of drug-likeness (QED) is 0.0821. The van der Waals surface area contributed by atoms with E-state index in [2.05, 4.69) is 41.9 Å². The van der Waals surface area contributed by atoms with Crippen molar-refractivity contribution in [2.45, 2.75) is 58.6 Å². The van der Waals surface area contributed by atoms with Crippen LogP contribution in [-0.4, -0.2) is 31.0 Å². The first-order chi connectivity index (χ1) is 9.85. The van der Waals surface area contributed by atoms with Gasteiger partial charge in [0.1, 0.15) is 0 Å². The topological polar surface area (TPSA) is 106 Å². The third kappa shape index (κ3) is 2.80. The summed E-state index contributed by atoms with van der Waals surface area (Å²) in [6.45, 7) is 4.06. The summed E-state index contributed by atoms with van der Waals surface area (Å²) in [5, 5.41) is 11.2. The van der Waals surface area contributed by atoms with Crippen molar-refractivity contribution in [1.29, 1.82) is 5.41 Å². The summed E-state index contributed by atoms with van der Waals surface area (Å²) in [6.07, 6.45) is 5.45. The van der Waals surface area contributed by atoms with E-state index in [-0.39, 0.29) is 27.6 Å². The third-order valence-corrected chi connectivity index (χ3v) is 11.9. The number of carbonyl (C=O) groups excluding carboxylic acids is 1. The molecule has 120 valence electrons. The number of halogens is 2. The normalized spacial score (nSPS) is 28.2. The van der Waals surface area contributed by atoms with Crippen LogP contribution in [0.5, 0.6) is 0 Å². The van der Waals surface area contributed by atoms with Crippen molar-refractivity contribution in [2.75, 3.05) is 6.61 Å². The van der Waals surface area contributed by atoms with Crippen molar-refractivity contribution < 1.29 is 9.53 Å². The van der Waals surface area contributed by atoms with E-state index in [0.29, 0.717) is 0 Å². The zero-order valence-corrected chi connectivity index (χ0v) is 16.6. The molecule has 8 heteroatoms. The summed E-state index contributed by atoms with van der Waals surface area (Å²) >= 11 is 1.13. The van der Waals surface area contributed by atoms with Crippen LogP contribution in [0.3, 0.4) is 0 Å². The van der Waals surface area contributed by atoms with Crippen LogP contribution in [0.15, 0.2) is 0 Å². The van der Waals surface area contributed by atoms with E-state index in [1.54, 1.807) is 0 Å². The van der Waals surface area contributed by atoms with E-state index in [4.69, 9.17) is 10.1 Å². The van der Waals surface area contributed by atoms with Gasteiger partial charge in [-0.1, -0.05) is 0 Å². The minimum atomic E-state index is -1.12. The van der Waals surface area contributed by atoms with Crippen LogP contribution in [0.25, 0.3) is 0 Å². The van der Waals surface area contributed by atoms with Crippen molar-refractivity contribution in [3.8, 4) is 0 Å². The van der Waals surface area contributed by atoms with E-state index in [0.717, 1.165) is 19.3 Å². The van der Waals surface area contributed by atoms with Gasteiger partial charge in [-0.3, -0.25) is 0 Å². The van der Waals surface area contributed by atoms with Gasteiger partial charge in [0.25, 0.3) is 0 Å². The van der Waals surface area contributed by atoms with Crippen LogP contribution < -0.4 is 12.4 Å². The molecule has 3 fully saturated rings. The van der Waals surface area contributed by atoms with Gasteiger partial charge in [-0.15, -0.1) is 0 Å². The minimum absolute atomic E-state index is 0.0267. The molecule has 21 heavy (non-hydrogen) atoms. The number of nitrogens with one attached hydrogen (secondary N) is 4. The molecule has 0 aromatic rings. The third-order valence-electron chi connectivity index (χ3n) is 4.72. The molecular formula is C13H22I2N4O2. The Morgan fingerprint density at radius 3 is 2.52 bits per heavy atom. The number of alkyl halides is 2. The average Bonchev–Trinajstić information content (AvgIpc) is 3.26. The predicted octanol–water partition coefficient (Wildman–Crippen LogP) is 2.21. The van der Waals surface area contributed by atoms with Crippen LogP contribution in [0.1, 0.15) is 46.0 Å². The van der Waals surface area contributed by atoms with Gasteiger partial charge in [0.05, 0.1) is 0 Å². The summed E-state index contributed by atoms with van der Waals surface area (Å²) in [6, 6.07) is 0. The molecule has 0 aromatic heterocycles. The molecule has 2 heterocycles. The van der Waals surface area contributed by atoms with Gasteiger partial charge < -0.3 is 0 Å². The summed E-state index contributed by atoms with van der Waals surface area (Å²) < 4.78 is 11.9. The fourth-order valence-corrected chi connectivity index (χ4v) is 10.8. The fraction of sp³-hybridized carbons (Fsp3) is 0.846. The van der Waals surface area contributed by atoms with Gasteiger partial charge in [0, 0.05) is 0 Å². The van der Waals surface area contributed by atoms with Gasteiger partial charge in [-0.2, -0.15) is 0 Å². The van der Waals surface area contributed by atoms with E-state index in [1.807, 2.05) is 6.92 Å². The Morgan fingerprint density at radius 2 is 2.05 bits per heavy atom. The fourth-order valence-electron chi connectivity index (χ4n) is 2.96. The zero-order valence-electron chi connectivity index (χ0n) is 12.3. The molecule has 1 aliphatic carbocycles. The number of carbonyl (C=O) groups is 1. The van der Waals surface area contributed by atoms with Crippen LogP contribution in [0, 0.1) is 5.41 Å². The maximum absolute atomic E-state index is 12.1. The molecular weight excluding hydrogens is 498 g/mol. The Bertz CT molecular complexity index is 471. The van der Waals surface area contributed by atoms with Gasteiger partial charge in [-0.05, 0) is 0 Å². The standard InChI is InChI=1S/C13H22I2N4O2/c1-3-12(6-4-5-7-12)17-9(20)8-21-10(16)11(2,14)13-15(18-13)19-13/h16,18-19H,3-8H2,1-2H3,(H,17,20). The Labute approximate surface area is 146 Å². The molecule has 0 spiro atoms. The molecule has 3 rings (SSSR count). The van der Waals surface area contributed by atoms with Gasteiger partial charge in [0.2, 0.25) is 0 Å². The van der Waals surface area contributed by atoms with Crippen LogP contribution in [0.2, 0.25) is 0 Å². The molecule has 1 saturated carbocycles. The second-order valence-electron chi connectivity index (χ2n) is 6.14. The Hall–Kier alpha value is 0.320. The van der Waals surface area contributed by atoms with Crippen LogP contribution in [-0.2, 0) is 9.53 Å². The van der Waals surface area contributed by atoms with Crippen LogP contribution in [0.4, 0.5) is 0 Å². The number of hydrogen-bond acceptors (Lipinski definition) is 5. The first-order valence-corrected chi connectivity index (χ1v) is 11.6. The number of hydrogen-bond donors (Lipinski definition) is 4. The van der Waals surface area contributed by atoms with Gasteiger partial charge in [0.15, 0.2) is 0 Å². The van der Waals surface area contributed by atoms with Crippen molar-refractivity contribution >= 4 is 54.8 Å². The first-order valence-electron chi connectivity index (χ1n) is 7.32. The molecule has 2 saturated heterocycles. The summed E-state index contributed by atoms with van der Waals surface area (Å²) in [5.74, 6) is 0.0867. The van der Waals surface area contributed by atoms with Crippen molar-refractivity contribution in [3.63, 3.8) is 0 Å². The first kappa shape index (κ1) is 16.2. The molecule has 0 bridgehead atoms. The SMILES string of the molecule is CCC1(NC(=O)COC(=N)C(C)(I)C23NI2N3)CCCC1. The van der Waals surface area contributed by atoms with Crippen molar-refractivity contribution in [3.05, 3.63) is 0 Å². The number of amides is 1. The molecule has 6 nitrogen and oxygen atoms in total. The Kier molecular flexibility index (Phi) is 4.20. The van der Waals surface area contributed by atoms with Crippen LogP contribution >= 0.6 is 43.0 Å². The molecule has 0 aromatic carbocycles. The molecule has 1 amide bonds. The monoisotopic (exact) mass is 520 g/mol. The maximum atomic E-state index is 12.1. The Morgan fingerprint density at radius 1 is 1.48 bits per heavy atom. The molecule has 1 unspecified atom stereocenters. The number of ether oxygens (including phenoxy) is 1. The molecule has 2 aliphatic heterocycles. The molecule has 1 atom stereocenters. The van der Waals surface area contributed by atoms with Gasteiger partial charge in [-0.25, -0.2) is 0 Å². The summed E-state index contributed by atoms with van der Waals surface area (Å²) in [4.78, 5) is 12.1. The summed E-state index contributed by atoms with van der Waals surface area (Å²) in [5.41, 5.74) is -0.0378. The zero-order chi connectivity index (χ0) is 15.3. The van der Waals surface area contributed by atoms with E-state index in [9.17, 15) is 4.79 Å². The predicted molar refractivity (Wildman–Crippen MR) is 98.8 cm³/mol. The average molecular weight is 520 g/mol. The summed E-state index contributed by atoms with van der Waals surface area (Å²) in [7, 11) is 0. The van der Waals surface area contributed by atoms with E-state index < -0.39 is 23.8 Å². The molecule has 0 radical (unpaired) electrons. The molecule has 3 aliphatic rings. The number of fused-ring (bicyclic) bond motifs is 1. The Balaban J connectivity index is 1.48. The van der Waals surface area contributed by atoms with E-state index in [1.165, 1.54) is 12.8 Å².